The van der Waals surface area contributed by atoms with E-state index in [1.54, 1.807) is 27.7 Å². The third kappa shape index (κ3) is 3.38. The summed E-state index contributed by atoms with van der Waals surface area (Å²) >= 11 is 0.578. The Morgan fingerprint density at radius 2 is 1.78 bits per heavy atom. The van der Waals surface area contributed by atoms with Gasteiger partial charge in [-0.2, -0.15) is 13.2 Å². The molecular weight excluding hydrogens is 334 g/mol. The van der Waals surface area contributed by atoms with Crippen molar-refractivity contribution < 1.29 is 32.0 Å². The Morgan fingerprint density at radius 1 is 1.26 bits per heavy atom. The predicted molar refractivity (Wildman–Crippen MR) is 78.8 cm³/mol. The molecule has 0 spiro atoms. The van der Waals surface area contributed by atoms with E-state index in [4.69, 9.17) is 9.31 Å². The molecule has 0 saturated carbocycles. The van der Waals surface area contributed by atoms with Crippen molar-refractivity contribution in [3.63, 3.8) is 0 Å². The molecule has 23 heavy (non-hydrogen) atoms. The van der Waals surface area contributed by atoms with Crippen LogP contribution in [0, 0.1) is 0 Å². The highest BCUT2D eigenvalue weighted by Crippen LogP contribution is 2.38. The van der Waals surface area contributed by atoms with E-state index in [2.05, 4.69) is 9.72 Å². The Kier molecular flexibility index (Phi) is 4.55. The van der Waals surface area contributed by atoms with Gasteiger partial charge < -0.3 is 14.0 Å². The first-order valence-electron chi connectivity index (χ1n) is 6.99. The summed E-state index contributed by atoms with van der Waals surface area (Å²) in [4.78, 5) is 14.7. The monoisotopic (exact) mass is 351 g/mol. The number of hydrogen-bond donors (Lipinski definition) is 0. The van der Waals surface area contributed by atoms with Gasteiger partial charge in [0.2, 0.25) is 0 Å². The van der Waals surface area contributed by atoms with Crippen LogP contribution in [0.25, 0.3) is 0 Å². The number of carbonyl (C=O) groups is 1. The minimum Gasteiger partial charge on any atom is -0.462 e. The largest absolute Gasteiger partial charge is 0.525 e. The smallest absolute Gasteiger partial charge is 0.462 e. The van der Waals surface area contributed by atoms with Crippen LogP contribution in [-0.4, -0.2) is 35.9 Å². The summed E-state index contributed by atoms with van der Waals surface area (Å²) in [7, 11) is -1.06. The van der Waals surface area contributed by atoms with Crippen molar-refractivity contribution in [2.75, 3.05) is 6.61 Å². The van der Waals surface area contributed by atoms with Gasteiger partial charge in [-0.25, -0.2) is 9.78 Å². The average Bonchev–Trinajstić information content (AvgIpc) is 2.89. The van der Waals surface area contributed by atoms with Gasteiger partial charge in [0.1, 0.15) is 9.78 Å². The van der Waals surface area contributed by atoms with E-state index in [0.717, 1.165) is 0 Å². The first-order valence-corrected chi connectivity index (χ1v) is 7.81. The van der Waals surface area contributed by atoms with Crippen LogP contribution in [0.5, 0.6) is 0 Å². The van der Waals surface area contributed by atoms with Crippen LogP contribution in [0.3, 0.4) is 0 Å². The van der Waals surface area contributed by atoms with Gasteiger partial charge in [0.15, 0.2) is 5.69 Å². The molecule has 0 radical (unpaired) electrons. The number of nitrogens with zero attached hydrogens (tertiary/aromatic N) is 1. The van der Waals surface area contributed by atoms with Crippen LogP contribution in [0.2, 0.25) is 0 Å². The maximum atomic E-state index is 13.1. The highest BCUT2D eigenvalue weighted by atomic mass is 32.1. The SMILES string of the molecule is CCOC(=O)c1sc(B2OC(C)(C)C(C)(C)O2)nc1C(F)(F)F. The summed E-state index contributed by atoms with van der Waals surface area (Å²) in [5.74, 6) is -1.06. The summed E-state index contributed by atoms with van der Waals surface area (Å²) < 4.78 is 55.3. The molecule has 0 aromatic carbocycles. The Balaban J connectivity index is 2.41. The van der Waals surface area contributed by atoms with E-state index in [-0.39, 0.29) is 11.5 Å². The summed E-state index contributed by atoms with van der Waals surface area (Å²) in [5, 5.41) is 0. The molecule has 0 bridgehead atoms. The number of alkyl halides is 3. The highest BCUT2D eigenvalue weighted by Gasteiger charge is 2.54. The fraction of sp³-hybridized carbons (Fsp3) is 0.692. The zero-order valence-electron chi connectivity index (χ0n) is 13.4. The maximum absolute atomic E-state index is 13.1. The zero-order valence-corrected chi connectivity index (χ0v) is 14.2. The molecule has 128 valence electrons. The summed E-state index contributed by atoms with van der Waals surface area (Å²) in [6.07, 6.45) is -4.76. The van der Waals surface area contributed by atoms with Gasteiger partial charge in [-0.1, -0.05) is 0 Å². The van der Waals surface area contributed by atoms with Crippen LogP contribution in [-0.2, 0) is 20.2 Å². The van der Waals surface area contributed by atoms with E-state index in [1.165, 1.54) is 6.92 Å². The normalized spacial score (nSPS) is 19.9. The standard InChI is InChI=1S/C13H17BF3NO4S/c1-6-20-9(19)7-8(13(15,16)17)18-10(23-7)14-21-11(2,3)12(4,5)22-14/h6H2,1-5H3. The number of rotatable bonds is 3. The molecule has 2 heterocycles. The van der Waals surface area contributed by atoms with Crippen LogP contribution < -0.4 is 4.91 Å². The minimum absolute atomic E-state index is 0.0279. The molecule has 0 N–H and O–H groups in total. The van der Waals surface area contributed by atoms with Gasteiger partial charge in [-0.3, -0.25) is 0 Å². The molecule has 1 saturated heterocycles. The number of esters is 1. The highest BCUT2D eigenvalue weighted by molar-refractivity contribution is 7.23. The molecule has 0 aliphatic carbocycles. The Labute approximate surface area is 136 Å². The molecule has 1 aliphatic heterocycles. The van der Waals surface area contributed by atoms with Crippen molar-refractivity contribution in [2.45, 2.75) is 52.0 Å². The van der Waals surface area contributed by atoms with Crippen molar-refractivity contribution >= 4 is 29.3 Å². The summed E-state index contributed by atoms with van der Waals surface area (Å²) in [5.41, 5.74) is -2.71. The minimum atomic E-state index is -4.76. The first-order chi connectivity index (χ1) is 10.4. The number of carbonyl (C=O) groups excluding carboxylic acids is 1. The fourth-order valence-electron chi connectivity index (χ4n) is 1.91. The Morgan fingerprint density at radius 3 is 2.22 bits per heavy atom. The number of thiazole rings is 1. The second kappa shape index (κ2) is 5.75. The molecule has 5 nitrogen and oxygen atoms in total. The lowest BCUT2D eigenvalue weighted by atomic mass is 9.90. The van der Waals surface area contributed by atoms with Gasteiger partial charge in [0.05, 0.1) is 17.8 Å². The zero-order chi connectivity index (χ0) is 17.6. The lowest BCUT2D eigenvalue weighted by Gasteiger charge is -2.32. The van der Waals surface area contributed by atoms with E-state index in [0.29, 0.717) is 11.3 Å². The van der Waals surface area contributed by atoms with Crippen molar-refractivity contribution in [3.8, 4) is 0 Å². The predicted octanol–water partition coefficient (Wildman–Crippen LogP) is 2.64. The van der Waals surface area contributed by atoms with E-state index < -0.39 is 41.0 Å². The average molecular weight is 351 g/mol. The van der Waals surface area contributed by atoms with Gasteiger partial charge in [-0.05, 0) is 34.6 Å². The van der Waals surface area contributed by atoms with Crippen molar-refractivity contribution in [1.29, 1.82) is 0 Å². The van der Waals surface area contributed by atoms with Crippen LogP contribution in [0.15, 0.2) is 0 Å². The molecule has 10 heteroatoms. The quantitative estimate of drug-likeness (QED) is 0.619. The van der Waals surface area contributed by atoms with E-state index in [9.17, 15) is 18.0 Å². The first kappa shape index (κ1) is 18.2. The molecule has 1 aliphatic rings. The molecule has 0 unspecified atom stereocenters. The van der Waals surface area contributed by atoms with Crippen LogP contribution >= 0.6 is 11.3 Å². The lowest BCUT2D eigenvalue weighted by molar-refractivity contribution is -0.141. The van der Waals surface area contributed by atoms with Crippen molar-refractivity contribution in [2.24, 2.45) is 0 Å². The molecule has 0 amide bonds. The van der Waals surface area contributed by atoms with Crippen LogP contribution in [0.1, 0.15) is 50.0 Å². The number of aromatic nitrogens is 1. The molecular formula is C13H17BF3NO4S. The van der Waals surface area contributed by atoms with Gasteiger partial charge >= 0.3 is 19.3 Å². The third-order valence-electron chi connectivity index (χ3n) is 3.83. The van der Waals surface area contributed by atoms with Gasteiger partial charge in [0, 0.05) is 0 Å². The summed E-state index contributed by atoms with van der Waals surface area (Å²) in [6.45, 7) is 8.59. The Bertz CT molecular complexity index is 599. The molecule has 1 fully saturated rings. The summed E-state index contributed by atoms with van der Waals surface area (Å²) in [6, 6.07) is 0. The van der Waals surface area contributed by atoms with Gasteiger partial charge in [0.25, 0.3) is 0 Å². The number of halogens is 3. The molecule has 1 aromatic rings. The number of hydrogen-bond acceptors (Lipinski definition) is 6. The lowest BCUT2D eigenvalue weighted by Crippen LogP contribution is -2.41. The molecule has 2 rings (SSSR count). The van der Waals surface area contributed by atoms with Crippen LogP contribution in [0.4, 0.5) is 13.2 Å². The van der Waals surface area contributed by atoms with Crippen molar-refractivity contribution in [3.05, 3.63) is 10.6 Å². The molecule has 1 aromatic heterocycles. The maximum Gasteiger partial charge on any atom is 0.525 e. The van der Waals surface area contributed by atoms with E-state index in [1.807, 2.05) is 0 Å². The third-order valence-corrected chi connectivity index (χ3v) is 4.88. The molecule has 0 atom stereocenters. The van der Waals surface area contributed by atoms with Gasteiger partial charge in [-0.15, -0.1) is 11.3 Å². The second-order valence-corrected chi connectivity index (χ2v) is 7.07. The fourth-order valence-corrected chi connectivity index (χ4v) is 2.85. The van der Waals surface area contributed by atoms with Crippen molar-refractivity contribution in [1.82, 2.24) is 4.98 Å². The topological polar surface area (TPSA) is 57.7 Å². The second-order valence-electron chi connectivity index (χ2n) is 6.04. The number of ether oxygens (including phenoxy) is 1. The van der Waals surface area contributed by atoms with E-state index >= 15 is 0 Å². The Hall–Kier alpha value is -1.13.